The minimum Gasteiger partial charge on any atom is -0.296 e. The summed E-state index contributed by atoms with van der Waals surface area (Å²) >= 11 is 0. The van der Waals surface area contributed by atoms with Crippen molar-refractivity contribution in [2.45, 2.75) is 25.9 Å². The zero-order valence-corrected chi connectivity index (χ0v) is 8.59. The highest BCUT2D eigenvalue weighted by Crippen LogP contribution is 2.17. The second-order valence-corrected chi connectivity index (χ2v) is 3.55. The van der Waals surface area contributed by atoms with Gasteiger partial charge in [0.15, 0.2) is 0 Å². The van der Waals surface area contributed by atoms with Gasteiger partial charge in [-0.1, -0.05) is 6.07 Å². The minimum absolute atomic E-state index is 0.0547. The lowest BCUT2D eigenvalue weighted by Gasteiger charge is -2.15. The Morgan fingerprint density at radius 3 is 2.47 bits per heavy atom. The fraction of sp³-hybridized carbons (Fsp3) is 0.364. The van der Waals surface area contributed by atoms with Crippen molar-refractivity contribution in [3.8, 4) is 6.07 Å². The Hall–Kier alpha value is -1.47. The predicted octanol–water partition coefficient (Wildman–Crippen LogP) is 2.53. The van der Waals surface area contributed by atoms with Gasteiger partial charge in [-0.05, 0) is 19.9 Å². The Balaban J connectivity index is 2.98. The van der Waals surface area contributed by atoms with Crippen LogP contribution in [0.3, 0.4) is 0 Å². The fourth-order valence-corrected chi connectivity index (χ4v) is 1.27. The Morgan fingerprint density at radius 2 is 2.00 bits per heavy atom. The van der Waals surface area contributed by atoms with E-state index in [1.54, 1.807) is 0 Å². The largest absolute Gasteiger partial charge is 0.296 e. The van der Waals surface area contributed by atoms with Crippen LogP contribution < -0.4 is 5.32 Å². The fourth-order valence-electron chi connectivity index (χ4n) is 1.27. The molecule has 0 fully saturated rings. The van der Waals surface area contributed by atoms with E-state index in [1.165, 1.54) is 6.07 Å². The molecule has 1 unspecified atom stereocenters. The maximum Gasteiger partial charge on any atom is 0.131 e. The lowest BCUT2D eigenvalue weighted by molar-refractivity contribution is 0.511. The molecule has 1 N–H and O–H groups in total. The van der Waals surface area contributed by atoms with Crippen molar-refractivity contribution in [3.63, 3.8) is 0 Å². The average molecular weight is 210 g/mol. The molecular weight excluding hydrogens is 198 g/mol. The molecule has 0 aliphatic rings. The lowest BCUT2D eigenvalue weighted by atomic mass is 10.1. The van der Waals surface area contributed by atoms with Crippen LogP contribution in [0.2, 0.25) is 0 Å². The molecule has 0 amide bonds. The summed E-state index contributed by atoms with van der Waals surface area (Å²) in [6, 6.07) is 4.46. The van der Waals surface area contributed by atoms with E-state index in [9.17, 15) is 8.78 Å². The Morgan fingerprint density at radius 1 is 1.33 bits per heavy atom. The van der Waals surface area contributed by atoms with Crippen LogP contribution >= 0.6 is 0 Å². The summed E-state index contributed by atoms with van der Waals surface area (Å²) in [5, 5.41) is 11.7. The number of nitrogens with zero attached hydrogens (tertiary/aromatic N) is 1. The first-order valence-electron chi connectivity index (χ1n) is 4.65. The molecule has 2 nitrogen and oxygen atoms in total. The van der Waals surface area contributed by atoms with Gasteiger partial charge < -0.3 is 0 Å². The smallest absolute Gasteiger partial charge is 0.131 e. The zero-order valence-electron chi connectivity index (χ0n) is 8.59. The highest BCUT2D eigenvalue weighted by molar-refractivity contribution is 5.26. The number of benzene rings is 1. The first kappa shape index (κ1) is 11.6. The van der Waals surface area contributed by atoms with Crippen LogP contribution in [-0.4, -0.2) is 6.04 Å². The monoisotopic (exact) mass is 210 g/mol. The lowest BCUT2D eigenvalue weighted by Crippen LogP contribution is -2.27. The van der Waals surface area contributed by atoms with Crippen molar-refractivity contribution >= 4 is 0 Å². The van der Waals surface area contributed by atoms with Gasteiger partial charge in [0, 0.05) is 17.7 Å². The van der Waals surface area contributed by atoms with E-state index >= 15 is 0 Å². The van der Waals surface area contributed by atoms with Crippen LogP contribution in [0.15, 0.2) is 18.2 Å². The summed E-state index contributed by atoms with van der Waals surface area (Å²) in [6.45, 7) is 3.71. The third-order valence-electron chi connectivity index (χ3n) is 1.90. The third kappa shape index (κ3) is 3.00. The molecule has 1 rings (SSSR count). The van der Waals surface area contributed by atoms with Crippen LogP contribution in [0.4, 0.5) is 8.78 Å². The van der Waals surface area contributed by atoms with Gasteiger partial charge in [0.25, 0.3) is 0 Å². The van der Waals surface area contributed by atoms with Crippen LogP contribution in [-0.2, 0) is 0 Å². The molecule has 0 aliphatic carbocycles. The maximum absolute atomic E-state index is 13.3. The van der Waals surface area contributed by atoms with Gasteiger partial charge in [0.05, 0.1) is 6.07 Å². The van der Waals surface area contributed by atoms with Gasteiger partial charge in [0.2, 0.25) is 0 Å². The van der Waals surface area contributed by atoms with Gasteiger partial charge in [0.1, 0.15) is 17.7 Å². The number of nitriles is 1. The predicted molar refractivity (Wildman–Crippen MR) is 53.0 cm³/mol. The molecule has 80 valence electrons. The van der Waals surface area contributed by atoms with Gasteiger partial charge in [-0.15, -0.1) is 0 Å². The zero-order chi connectivity index (χ0) is 11.4. The normalized spacial score (nSPS) is 12.5. The summed E-state index contributed by atoms with van der Waals surface area (Å²) in [5.74, 6) is -1.34. The molecular formula is C11H12F2N2. The summed E-state index contributed by atoms with van der Waals surface area (Å²) in [4.78, 5) is 0. The van der Waals surface area contributed by atoms with Gasteiger partial charge in [-0.3, -0.25) is 5.32 Å². The van der Waals surface area contributed by atoms with Crippen molar-refractivity contribution in [2.24, 2.45) is 0 Å². The number of hydrogen-bond donors (Lipinski definition) is 1. The summed E-state index contributed by atoms with van der Waals surface area (Å²) in [6.07, 6.45) is 0. The van der Waals surface area contributed by atoms with E-state index in [2.05, 4.69) is 5.32 Å². The molecule has 0 bridgehead atoms. The minimum atomic E-state index is -0.745. The number of halogens is 2. The van der Waals surface area contributed by atoms with E-state index < -0.39 is 17.7 Å². The number of nitrogens with one attached hydrogen (secondary N) is 1. The van der Waals surface area contributed by atoms with E-state index in [0.29, 0.717) is 0 Å². The molecule has 0 saturated heterocycles. The highest BCUT2D eigenvalue weighted by Gasteiger charge is 2.16. The highest BCUT2D eigenvalue weighted by atomic mass is 19.1. The molecule has 0 spiro atoms. The van der Waals surface area contributed by atoms with Crippen molar-refractivity contribution in [3.05, 3.63) is 35.4 Å². The second kappa shape index (κ2) is 4.85. The van der Waals surface area contributed by atoms with Gasteiger partial charge in [-0.25, -0.2) is 8.78 Å². The summed E-state index contributed by atoms with van der Waals surface area (Å²) < 4.78 is 25.9. The standard InChI is InChI=1S/C11H12F2N2/c1-7(2)15-11(6-14)9-4-3-8(12)5-10(9)13/h3-5,7,11,15H,1-2H3. The van der Waals surface area contributed by atoms with Crippen LogP contribution in [0, 0.1) is 23.0 Å². The van der Waals surface area contributed by atoms with E-state index in [4.69, 9.17) is 5.26 Å². The Bertz CT molecular complexity index is 383. The molecule has 1 atom stereocenters. The van der Waals surface area contributed by atoms with Crippen LogP contribution in [0.25, 0.3) is 0 Å². The van der Waals surface area contributed by atoms with Crippen LogP contribution in [0.1, 0.15) is 25.5 Å². The van der Waals surface area contributed by atoms with Gasteiger partial charge >= 0.3 is 0 Å². The molecule has 0 aromatic heterocycles. The van der Waals surface area contributed by atoms with Crippen LogP contribution in [0.5, 0.6) is 0 Å². The summed E-state index contributed by atoms with van der Waals surface area (Å²) in [5.41, 5.74) is 0.174. The molecule has 0 radical (unpaired) electrons. The van der Waals surface area contributed by atoms with Crippen molar-refractivity contribution < 1.29 is 8.78 Å². The van der Waals surface area contributed by atoms with Crippen molar-refractivity contribution in [1.29, 1.82) is 5.26 Å². The average Bonchev–Trinajstić information content (AvgIpc) is 2.14. The van der Waals surface area contributed by atoms with E-state index in [-0.39, 0.29) is 11.6 Å². The SMILES string of the molecule is CC(C)NC(C#N)c1ccc(F)cc1F. The topological polar surface area (TPSA) is 35.8 Å². The molecule has 0 saturated carbocycles. The molecule has 15 heavy (non-hydrogen) atoms. The Kier molecular flexibility index (Phi) is 3.75. The molecule has 0 heterocycles. The molecule has 1 aromatic carbocycles. The van der Waals surface area contributed by atoms with E-state index in [0.717, 1.165) is 12.1 Å². The first-order chi connectivity index (χ1) is 7.04. The second-order valence-electron chi connectivity index (χ2n) is 3.55. The summed E-state index contributed by atoms with van der Waals surface area (Å²) in [7, 11) is 0. The Labute approximate surface area is 87.5 Å². The van der Waals surface area contributed by atoms with E-state index in [1.807, 2.05) is 19.9 Å². The molecule has 1 aromatic rings. The number of rotatable bonds is 3. The molecule has 0 aliphatic heterocycles. The molecule has 4 heteroatoms. The van der Waals surface area contributed by atoms with Gasteiger partial charge in [-0.2, -0.15) is 5.26 Å². The quantitative estimate of drug-likeness (QED) is 0.832. The third-order valence-corrected chi connectivity index (χ3v) is 1.90. The van der Waals surface area contributed by atoms with Crippen molar-refractivity contribution in [1.82, 2.24) is 5.32 Å². The maximum atomic E-state index is 13.3. The van der Waals surface area contributed by atoms with Crippen molar-refractivity contribution in [2.75, 3.05) is 0 Å². The number of hydrogen-bond acceptors (Lipinski definition) is 2. The first-order valence-corrected chi connectivity index (χ1v) is 4.65.